The van der Waals surface area contributed by atoms with Gasteiger partial charge in [-0.3, -0.25) is 0 Å². The molecule has 0 radical (unpaired) electrons. The molecule has 2 rings (SSSR count). The Morgan fingerprint density at radius 2 is 1.48 bits per heavy atom. The van der Waals surface area contributed by atoms with Crippen LogP contribution in [0.15, 0.2) is 42.5 Å². The van der Waals surface area contributed by atoms with E-state index in [4.69, 9.17) is 18.0 Å². The monoisotopic (exact) mass is 418 g/mol. The second-order valence-corrected chi connectivity index (χ2v) is 10.0. The van der Waals surface area contributed by atoms with Gasteiger partial charge in [0, 0.05) is 19.3 Å². The molecule has 4 nitrogen and oxygen atoms in total. The van der Waals surface area contributed by atoms with E-state index in [-0.39, 0.29) is 12.4 Å². The summed E-state index contributed by atoms with van der Waals surface area (Å²) in [5.74, 6) is 0. The number of fused-ring (bicyclic) bond motifs is 1. The molecule has 2 aromatic rings. The van der Waals surface area contributed by atoms with Gasteiger partial charge in [-0.15, -0.1) is 0 Å². The van der Waals surface area contributed by atoms with Crippen molar-refractivity contribution >= 4 is 19.6 Å². The van der Waals surface area contributed by atoms with Crippen LogP contribution >= 0.6 is 0 Å². The maximum atomic E-state index is 6.59. The van der Waals surface area contributed by atoms with E-state index >= 15 is 0 Å². The minimum atomic E-state index is -2.98. The molecule has 0 spiro atoms. The van der Waals surface area contributed by atoms with Gasteiger partial charge in [0.05, 0.1) is 6.10 Å². The number of benzene rings is 2. The van der Waals surface area contributed by atoms with Crippen molar-refractivity contribution in [3.63, 3.8) is 0 Å². The molecule has 0 aliphatic rings. The van der Waals surface area contributed by atoms with Crippen LogP contribution in [0.1, 0.15) is 65.9 Å². The van der Waals surface area contributed by atoms with Crippen molar-refractivity contribution < 1.29 is 18.0 Å². The van der Waals surface area contributed by atoms with Crippen LogP contribution in [0.5, 0.6) is 0 Å². The van der Waals surface area contributed by atoms with Gasteiger partial charge in [0.1, 0.15) is 0 Å². The van der Waals surface area contributed by atoms with E-state index in [0.717, 1.165) is 25.7 Å². The molecule has 0 fully saturated rings. The van der Waals surface area contributed by atoms with Gasteiger partial charge in [0.15, 0.2) is 6.29 Å². The van der Waals surface area contributed by atoms with Gasteiger partial charge < -0.3 is 18.0 Å². The third kappa shape index (κ3) is 7.19. The maximum absolute atomic E-state index is 6.59. The summed E-state index contributed by atoms with van der Waals surface area (Å²) >= 11 is 0. The molecule has 0 aliphatic carbocycles. The molecule has 5 heteroatoms. The summed E-state index contributed by atoms with van der Waals surface area (Å²) < 4.78 is 25.5. The molecule has 0 heterocycles. The third-order valence-corrected chi connectivity index (χ3v) is 7.67. The molecule has 2 atom stereocenters. The molecule has 29 heavy (non-hydrogen) atoms. The highest BCUT2D eigenvalue weighted by Gasteiger charge is 2.44. The minimum Gasteiger partial charge on any atom is -0.373 e. The van der Waals surface area contributed by atoms with Crippen LogP contribution in [0.2, 0.25) is 0 Å². The lowest BCUT2D eigenvalue weighted by Crippen LogP contribution is -2.52. The summed E-state index contributed by atoms with van der Waals surface area (Å²) in [6, 6.07) is 15.5. The lowest BCUT2D eigenvalue weighted by molar-refractivity contribution is -0.147. The smallest absolute Gasteiger partial charge is 0.373 e. The summed E-state index contributed by atoms with van der Waals surface area (Å²) in [5.41, 5.74) is 1.21. The summed E-state index contributed by atoms with van der Waals surface area (Å²) in [4.78, 5) is 0. The van der Waals surface area contributed by atoms with E-state index in [0.29, 0.717) is 19.3 Å². The van der Waals surface area contributed by atoms with Crippen molar-refractivity contribution in [1.29, 1.82) is 0 Å². The highest BCUT2D eigenvalue weighted by atomic mass is 28.4. The van der Waals surface area contributed by atoms with Gasteiger partial charge in [0.2, 0.25) is 0 Å². The van der Waals surface area contributed by atoms with Gasteiger partial charge in [-0.1, -0.05) is 70.2 Å². The Bertz CT molecular complexity index is 708. The molecule has 2 aromatic carbocycles. The predicted octanol–water partition coefficient (Wildman–Crippen LogP) is 6.28. The minimum absolute atomic E-state index is 0.140. The Morgan fingerprint density at radius 3 is 2.10 bits per heavy atom. The van der Waals surface area contributed by atoms with Gasteiger partial charge in [-0.05, 0) is 48.9 Å². The first-order valence-corrected chi connectivity index (χ1v) is 13.1. The molecule has 0 saturated carbocycles. The Balaban J connectivity index is 2.37. The van der Waals surface area contributed by atoms with Crippen LogP contribution in [0.25, 0.3) is 10.8 Å². The molecule has 0 bridgehead atoms. The summed E-state index contributed by atoms with van der Waals surface area (Å²) in [7, 11) is -2.98. The second kappa shape index (κ2) is 12.5. The van der Waals surface area contributed by atoms with Crippen LogP contribution in [0.3, 0.4) is 0 Å². The van der Waals surface area contributed by atoms with Gasteiger partial charge >= 0.3 is 8.80 Å². The molecule has 0 aliphatic heterocycles. The lowest BCUT2D eigenvalue weighted by Gasteiger charge is -2.34. The Hall–Kier alpha value is -1.24. The quantitative estimate of drug-likeness (QED) is 0.267. The highest BCUT2D eigenvalue weighted by Crippen LogP contribution is 2.26. The molecule has 2 unspecified atom stereocenters. The molecule has 0 aromatic heterocycles. The predicted molar refractivity (Wildman–Crippen MR) is 122 cm³/mol. The SMILES string of the molecule is CCCO[Si](Cc1cccc2ccccc12)(OCCC)OC(CC)OC(C)CC. The van der Waals surface area contributed by atoms with Crippen molar-refractivity contribution in [2.75, 3.05) is 13.2 Å². The Kier molecular flexibility index (Phi) is 10.3. The summed E-state index contributed by atoms with van der Waals surface area (Å²) in [5, 5.41) is 2.45. The lowest BCUT2D eigenvalue weighted by atomic mass is 10.1. The summed E-state index contributed by atoms with van der Waals surface area (Å²) in [6.45, 7) is 11.8. The van der Waals surface area contributed by atoms with Crippen LogP contribution in [-0.4, -0.2) is 34.4 Å². The molecule has 0 amide bonds. The topological polar surface area (TPSA) is 36.9 Å². The zero-order valence-electron chi connectivity index (χ0n) is 18.8. The standard InChI is InChI=1S/C24H38O4Si/c1-6-17-25-29(26-18-7-2,28-24(9-4)27-20(5)8-3)19-22-15-12-14-21-13-10-11-16-23(21)22/h10-16,20,24H,6-9,17-19H2,1-5H3. The first-order valence-electron chi connectivity index (χ1n) is 11.1. The third-order valence-electron chi connectivity index (χ3n) is 4.94. The van der Waals surface area contributed by atoms with Crippen LogP contribution in [0, 0.1) is 0 Å². The van der Waals surface area contributed by atoms with E-state index < -0.39 is 8.80 Å². The van der Waals surface area contributed by atoms with Gasteiger partial charge in [-0.2, -0.15) is 0 Å². The normalized spacial score (nSPS) is 14.2. The number of hydrogen-bond donors (Lipinski definition) is 0. The number of rotatable bonds is 14. The fraction of sp³-hybridized carbons (Fsp3) is 0.583. The molecular formula is C24H38O4Si. The second-order valence-electron chi connectivity index (χ2n) is 7.51. The average Bonchev–Trinajstić information content (AvgIpc) is 2.75. The fourth-order valence-electron chi connectivity index (χ4n) is 3.21. The first-order chi connectivity index (χ1) is 14.1. The van der Waals surface area contributed by atoms with Crippen LogP contribution in [0.4, 0.5) is 0 Å². The number of ether oxygens (including phenoxy) is 1. The first kappa shape index (κ1) is 24.0. The van der Waals surface area contributed by atoms with E-state index in [1.54, 1.807) is 0 Å². The Labute approximate surface area is 177 Å². The van der Waals surface area contributed by atoms with E-state index in [1.807, 2.05) is 0 Å². The number of hydrogen-bond acceptors (Lipinski definition) is 4. The molecular weight excluding hydrogens is 380 g/mol. The fourth-order valence-corrected chi connectivity index (χ4v) is 6.15. The largest absolute Gasteiger partial charge is 0.507 e. The average molecular weight is 419 g/mol. The van der Waals surface area contributed by atoms with E-state index in [1.165, 1.54) is 16.3 Å². The summed E-state index contributed by atoms with van der Waals surface area (Å²) in [6.07, 6.45) is 3.38. The van der Waals surface area contributed by atoms with Crippen molar-refractivity contribution in [2.45, 2.75) is 78.7 Å². The van der Waals surface area contributed by atoms with Gasteiger partial charge in [0.25, 0.3) is 0 Å². The molecule has 162 valence electrons. The zero-order valence-corrected chi connectivity index (χ0v) is 19.8. The zero-order chi connectivity index (χ0) is 21.1. The van der Waals surface area contributed by atoms with Crippen molar-refractivity contribution in [2.24, 2.45) is 0 Å². The van der Waals surface area contributed by atoms with Crippen molar-refractivity contribution in [3.05, 3.63) is 48.0 Å². The van der Waals surface area contributed by atoms with Crippen LogP contribution < -0.4 is 0 Å². The van der Waals surface area contributed by atoms with Crippen LogP contribution in [-0.2, 0) is 24.1 Å². The van der Waals surface area contributed by atoms with E-state index in [2.05, 4.69) is 77.1 Å². The molecule has 0 N–H and O–H groups in total. The highest BCUT2D eigenvalue weighted by molar-refractivity contribution is 6.60. The van der Waals surface area contributed by atoms with Gasteiger partial charge in [-0.25, -0.2) is 0 Å². The van der Waals surface area contributed by atoms with E-state index in [9.17, 15) is 0 Å². The van der Waals surface area contributed by atoms with Crippen molar-refractivity contribution in [3.8, 4) is 0 Å². The molecule has 0 saturated heterocycles. The maximum Gasteiger partial charge on any atom is 0.507 e. The Morgan fingerprint density at radius 1 is 0.828 bits per heavy atom. The van der Waals surface area contributed by atoms with Crippen molar-refractivity contribution in [1.82, 2.24) is 0 Å².